The van der Waals surface area contributed by atoms with Crippen LogP contribution in [0.15, 0.2) is 106 Å². The van der Waals surface area contributed by atoms with Gasteiger partial charge in [-0.15, -0.1) is 0 Å². The molecule has 0 aliphatic heterocycles. The van der Waals surface area contributed by atoms with Crippen molar-refractivity contribution >= 4 is 55.1 Å². The average Bonchev–Trinajstić information content (AvgIpc) is 3.01. The molecule has 0 heterocycles. The van der Waals surface area contributed by atoms with Crippen LogP contribution in [0.5, 0.6) is 5.75 Å². The van der Waals surface area contributed by atoms with Gasteiger partial charge in [0.15, 0.2) is 0 Å². The first-order chi connectivity index (χ1) is 22.2. The summed E-state index contributed by atoms with van der Waals surface area (Å²) in [5.74, 6) is -0.574. The van der Waals surface area contributed by atoms with E-state index in [1.807, 2.05) is 82.3 Å². The summed E-state index contributed by atoms with van der Waals surface area (Å²) < 4.78 is 35.6. The number of hydrogen-bond acceptors (Lipinski definition) is 5. The quantitative estimate of drug-likeness (QED) is 0.166. The van der Waals surface area contributed by atoms with E-state index in [0.717, 1.165) is 25.5 Å². The number of halogens is 2. The largest absolute Gasteiger partial charge is 0.495 e. The molecule has 0 aromatic heterocycles. The molecule has 4 aromatic carbocycles. The SMILES string of the molecule is COc1ccc(N(CC(=O)N(Cc2cccc(Br)c2)C(Cc2ccccc2)C(=O)NC(C)(C)C)S(=O)(=O)c2ccc(C)cc2)cc1Cl. The third kappa shape index (κ3) is 9.59. The smallest absolute Gasteiger partial charge is 0.264 e. The number of methoxy groups -OCH3 is 1. The van der Waals surface area contributed by atoms with Crippen LogP contribution < -0.4 is 14.4 Å². The molecule has 0 bridgehead atoms. The molecule has 0 aliphatic rings. The summed E-state index contributed by atoms with van der Waals surface area (Å²) in [6, 6.07) is 26.8. The summed E-state index contributed by atoms with van der Waals surface area (Å²) in [5, 5.41) is 3.21. The maximum Gasteiger partial charge on any atom is 0.264 e. The lowest BCUT2D eigenvalue weighted by molar-refractivity contribution is -0.140. The fourth-order valence-corrected chi connectivity index (χ4v) is 7.12. The Labute approximate surface area is 290 Å². The molecule has 47 heavy (non-hydrogen) atoms. The number of aryl methyl sites for hydroxylation is 1. The summed E-state index contributed by atoms with van der Waals surface area (Å²) in [4.78, 5) is 30.1. The van der Waals surface area contributed by atoms with Crippen LogP contribution in [0.2, 0.25) is 5.02 Å². The molecule has 0 saturated carbocycles. The molecule has 11 heteroatoms. The zero-order valence-electron chi connectivity index (χ0n) is 27.0. The molecular weight excluding hydrogens is 702 g/mol. The Morgan fingerprint density at radius 2 is 1.57 bits per heavy atom. The number of nitrogens with zero attached hydrogens (tertiary/aromatic N) is 2. The first-order valence-electron chi connectivity index (χ1n) is 15.0. The van der Waals surface area contributed by atoms with E-state index in [9.17, 15) is 18.0 Å². The zero-order valence-corrected chi connectivity index (χ0v) is 30.2. The van der Waals surface area contributed by atoms with Crippen molar-refractivity contribution in [3.63, 3.8) is 0 Å². The van der Waals surface area contributed by atoms with Gasteiger partial charge in [-0.2, -0.15) is 0 Å². The van der Waals surface area contributed by atoms with Gasteiger partial charge in [-0.1, -0.05) is 87.7 Å². The van der Waals surface area contributed by atoms with Crippen LogP contribution in [0.3, 0.4) is 0 Å². The lowest BCUT2D eigenvalue weighted by atomic mass is 10.0. The highest BCUT2D eigenvalue weighted by atomic mass is 79.9. The summed E-state index contributed by atoms with van der Waals surface area (Å²) in [5.41, 5.74) is 2.07. The summed E-state index contributed by atoms with van der Waals surface area (Å²) in [6.07, 6.45) is 0.210. The van der Waals surface area contributed by atoms with Gasteiger partial charge in [0.2, 0.25) is 11.8 Å². The minimum absolute atomic E-state index is 0.00712. The first kappa shape index (κ1) is 36.0. The molecule has 0 fully saturated rings. The van der Waals surface area contributed by atoms with Crippen LogP contribution in [0.25, 0.3) is 0 Å². The Morgan fingerprint density at radius 3 is 2.17 bits per heavy atom. The fourth-order valence-electron chi connectivity index (χ4n) is 5.02. The molecule has 8 nitrogen and oxygen atoms in total. The van der Waals surface area contributed by atoms with Crippen molar-refractivity contribution in [2.75, 3.05) is 18.0 Å². The fraction of sp³-hybridized carbons (Fsp3) is 0.278. The molecule has 1 N–H and O–H groups in total. The van der Waals surface area contributed by atoms with Crippen LogP contribution >= 0.6 is 27.5 Å². The maximum atomic E-state index is 14.6. The minimum Gasteiger partial charge on any atom is -0.495 e. The van der Waals surface area contributed by atoms with E-state index in [1.54, 1.807) is 18.2 Å². The van der Waals surface area contributed by atoms with E-state index in [2.05, 4.69) is 21.2 Å². The summed E-state index contributed by atoms with van der Waals surface area (Å²) in [7, 11) is -2.81. The van der Waals surface area contributed by atoms with Crippen molar-refractivity contribution in [3.05, 3.63) is 123 Å². The van der Waals surface area contributed by atoms with Gasteiger partial charge < -0.3 is 15.0 Å². The molecule has 0 aliphatic carbocycles. The number of carbonyl (C=O) groups is 2. The normalized spacial score (nSPS) is 12.2. The second-order valence-electron chi connectivity index (χ2n) is 12.2. The van der Waals surface area contributed by atoms with Gasteiger partial charge in [0.1, 0.15) is 18.3 Å². The Hall–Kier alpha value is -3.86. The van der Waals surface area contributed by atoms with Crippen LogP contribution in [0.4, 0.5) is 5.69 Å². The van der Waals surface area contributed by atoms with Crippen LogP contribution in [0.1, 0.15) is 37.5 Å². The van der Waals surface area contributed by atoms with Crippen LogP contribution in [0, 0.1) is 6.92 Å². The average molecular weight is 741 g/mol. The van der Waals surface area contributed by atoms with E-state index in [4.69, 9.17) is 16.3 Å². The molecule has 4 aromatic rings. The molecule has 248 valence electrons. The molecule has 1 atom stereocenters. The predicted molar refractivity (Wildman–Crippen MR) is 190 cm³/mol. The number of amides is 2. The van der Waals surface area contributed by atoms with Crippen molar-refractivity contribution in [2.45, 2.75) is 57.1 Å². The molecule has 0 spiro atoms. The monoisotopic (exact) mass is 739 g/mol. The van der Waals surface area contributed by atoms with E-state index >= 15 is 0 Å². The highest BCUT2D eigenvalue weighted by molar-refractivity contribution is 9.10. The van der Waals surface area contributed by atoms with Gasteiger partial charge >= 0.3 is 0 Å². The Bertz CT molecular complexity index is 1810. The van der Waals surface area contributed by atoms with E-state index in [-0.39, 0.29) is 34.5 Å². The molecule has 4 rings (SSSR count). The minimum atomic E-state index is -4.27. The van der Waals surface area contributed by atoms with Crippen molar-refractivity contribution in [3.8, 4) is 5.75 Å². The van der Waals surface area contributed by atoms with E-state index < -0.39 is 34.1 Å². The highest BCUT2D eigenvalue weighted by Gasteiger charge is 2.36. The second kappa shape index (κ2) is 15.4. The van der Waals surface area contributed by atoms with Gasteiger partial charge in [-0.05, 0) is 81.3 Å². The predicted octanol–water partition coefficient (Wildman–Crippen LogP) is 7.17. The standard InChI is InChI=1S/C36H39BrClN3O5S/c1-25-14-17-30(18-15-25)47(44,45)41(29-16-19-33(46-5)31(38)22-29)24-34(42)40(23-27-12-9-13-28(37)20-27)32(35(43)39-36(2,3)4)21-26-10-7-6-8-11-26/h6-20,22,32H,21,23-24H2,1-5H3,(H,39,43). The molecular formula is C36H39BrClN3O5S. The molecule has 2 amide bonds. The Morgan fingerprint density at radius 1 is 0.915 bits per heavy atom. The van der Waals surface area contributed by atoms with Gasteiger partial charge in [0, 0.05) is 23.0 Å². The van der Waals surface area contributed by atoms with E-state index in [0.29, 0.717) is 5.75 Å². The Balaban J connectivity index is 1.84. The van der Waals surface area contributed by atoms with Gasteiger partial charge in [-0.25, -0.2) is 8.42 Å². The van der Waals surface area contributed by atoms with Crippen molar-refractivity contribution in [1.29, 1.82) is 0 Å². The lowest BCUT2D eigenvalue weighted by Gasteiger charge is -2.35. The van der Waals surface area contributed by atoms with Crippen molar-refractivity contribution < 1.29 is 22.7 Å². The van der Waals surface area contributed by atoms with Gasteiger partial charge in [0.25, 0.3) is 10.0 Å². The number of nitrogens with one attached hydrogen (secondary N) is 1. The number of benzene rings is 4. The molecule has 0 radical (unpaired) electrons. The number of rotatable bonds is 12. The van der Waals surface area contributed by atoms with Gasteiger partial charge in [0.05, 0.1) is 22.7 Å². The van der Waals surface area contributed by atoms with Crippen molar-refractivity contribution in [2.24, 2.45) is 0 Å². The first-order valence-corrected chi connectivity index (χ1v) is 17.6. The van der Waals surface area contributed by atoms with Crippen molar-refractivity contribution in [1.82, 2.24) is 10.2 Å². The Kier molecular flexibility index (Phi) is 11.8. The number of hydrogen-bond donors (Lipinski definition) is 1. The second-order valence-corrected chi connectivity index (χ2v) is 15.4. The third-order valence-electron chi connectivity index (χ3n) is 7.32. The number of ether oxygens (including phenoxy) is 1. The van der Waals surface area contributed by atoms with Gasteiger partial charge in [-0.3, -0.25) is 13.9 Å². The van der Waals surface area contributed by atoms with E-state index in [1.165, 1.54) is 36.3 Å². The number of anilines is 1. The number of carbonyl (C=O) groups excluding carboxylic acids is 2. The maximum absolute atomic E-state index is 14.6. The topological polar surface area (TPSA) is 96.0 Å². The van der Waals surface area contributed by atoms with Crippen LogP contribution in [-0.4, -0.2) is 50.4 Å². The summed E-state index contributed by atoms with van der Waals surface area (Å²) in [6.45, 7) is 6.92. The lowest BCUT2D eigenvalue weighted by Crippen LogP contribution is -2.56. The highest BCUT2D eigenvalue weighted by Crippen LogP contribution is 2.32. The summed E-state index contributed by atoms with van der Waals surface area (Å²) >= 11 is 9.96. The third-order valence-corrected chi connectivity index (χ3v) is 9.90. The van der Waals surface area contributed by atoms with Crippen LogP contribution in [-0.2, 0) is 32.6 Å². The number of sulfonamides is 1. The zero-order chi connectivity index (χ0) is 34.4. The molecule has 1 unspecified atom stereocenters. The molecule has 0 saturated heterocycles.